The molecule has 0 radical (unpaired) electrons. The van der Waals surface area contributed by atoms with E-state index >= 15 is 0 Å². The first-order valence-corrected chi connectivity index (χ1v) is 6.84. The molecule has 1 amide bonds. The first kappa shape index (κ1) is 14.0. The number of aromatic nitrogens is 1. The van der Waals surface area contributed by atoms with E-state index in [9.17, 15) is 4.79 Å². The SMILES string of the molecule is CC(C)Oc1ccc(C(=O)Nc2ncc(C#N)s2)cc1. The molecule has 0 unspecified atom stereocenters. The van der Waals surface area contributed by atoms with E-state index in [0.29, 0.717) is 15.6 Å². The van der Waals surface area contributed by atoms with Crippen molar-refractivity contribution in [1.29, 1.82) is 5.26 Å². The second-order valence-corrected chi connectivity index (χ2v) is 5.32. The van der Waals surface area contributed by atoms with E-state index in [0.717, 1.165) is 17.1 Å². The Morgan fingerprint density at radius 1 is 1.40 bits per heavy atom. The van der Waals surface area contributed by atoms with Crippen molar-refractivity contribution in [3.8, 4) is 11.8 Å². The van der Waals surface area contributed by atoms with Gasteiger partial charge in [0.1, 0.15) is 16.7 Å². The van der Waals surface area contributed by atoms with Gasteiger partial charge in [-0.25, -0.2) is 4.98 Å². The Labute approximate surface area is 120 Å². The highest BCUT2D eigenvalue weighted by Crippen LogP contribution is 2.19. The van der Waals surface area contributed by atoms with E-state index in [4.69, 9.17) is 10.00 Å². The smallest absolute Gasteiger partial charge is 0.257 e. The highest BCUT2D eigenvalue weighted by atomic mass is 32.1. The maximum atomic E-state index is 12.0. The highest BCUT2D eigenvalue weighted by molar-refractivity contribution is 7.16. The van der Waals surface area contributed by atoms with Gasteiger partial charge in [-0.2, -0.15) is 5.26 Å². The van der Waals surface area contributed by atoms with E-state index in [1.165, 1.54) is 6.20 Å². The molecule has 2 rings (SSSR count). The highest BCUT2D eigenvalue weighted by Gasteiger charge is 2.09. The van der Waals surface area contributed by atoms with Crippen molar-refractivity contribution in [1.82, 2.24) is 4.98 Å². The van der Waals surface area contributed by atoms with E-state index < -0.39 is 0 Å². The molecule has 20 heavy (non-hydrogen) atoms. The van der Waals surface area contributed by atoms with Gasteiger partial charge in [0.2, 0.25) is 0 Å². The second kappa shape index (κ2) is 6.17. The summed E-state index contributed by atoms with van der Waals surface area (Å²) in [5, 5.41) is 11.8. The lowest BCUT2D eigenvalue weighted by Gasteiger charge is -2.09. The van der Waals surface area contributed by atoms with Gasteiger partial charge in [0.05, 0.1) is 12.3 Å². The second-order valence-electron chi connectivity index (χ2n) is 4.29. The number of thiazole rings is 1. The summed E-state index contributed by atoms with van der Waals surface area (Å²) in [4.78, 5) is 16.4. The molecule has 6 heteroatoms. The lowest BCUT2D eigenvalue weighted by Crippen LogP contribution is -2.11. The summed E-state index contributed by atoms with van der Waals surface area (Å²) in [6, 6.07) is 8.84. The lowest BCUT2D eigenvalue weighted by atomic mass is 10.2. The van der Waals surface area contributed by atoms with Crippen LogP contribution in [-0.4, -0.2) is 17.0 Å². The Kier molecular flexibility index (Phi) is 4.33. The third-order valence-corrected chi connectivity index (χ3v) is 3.14. The fourth-order valence-electron chi connectivity index (χ4n) is 1.51. The van der Waals surface area contributed by atoms with Crippen molar-refractivity contribution in [3.63, 3.8) is 0 Å². The van der Waals surface area contributed by atoms with Crippen LogP contribution >= 0.6 is 11.3 Å². The van der Waals surface area contributed by atoms with Crippen molar-refractivity contribution in [2.45, 2.75) is 20.0 Å². The Balaban J connectivity index is 2.04. The Hall–Kier alpha value is -2.39. The topological polar surface area (TPSA) is 75.0 Å². The molecule has 1 heterocycles. The number of nitrogens with one attached hydrogen (secondary N) is 1. The molecular weight excluding hydrogens is 274 g/mol. The number of carbonyl (C=O) groups excluding carboxylic acids is 1. The Morgan fingerprint density at radius 2 is 2.10 bits per heavy atom. The number of hydrogen-bond donors (Lipinski definition) is 1. The average Bonchev–Trinajstić information content (AvgIpc) is 2.86. The summed E-state index contributed by atoms with van der Waals surface area (Å²) >= 11 is 1.14. The average molecular weight is 287 g/mol. The number of hydrogen-bond acceptors (Lipinski definition) is 5. The molecule has 0 saturated carbocycles. The predicted octanol–water partition coefficient (Wildman–Crippen LogP) is 3.05. The van der Waals surface area contributed by atoms with Crippen LogP contribution in [0.3, 0.4) is 0 Å². The zero-order valence-electron chi connectivity index (χ0n) is 11.1. The van der Waals surface area contributed by atoms with Gasteiger partial charge >= 0.3 is 0 Å². The van der Waals surface area contributed by atoms with Crippen LogP contribution in [-0.2, 0) is 0 Å². The molecule has 0 atom stereocenters. The summed E-state index contributed by atoms with van der Waals surface area (Å²) in [5.74, 6) is 0.456. The van der Waals surface area contributed by atoms with Gasteiger partial charge in [0, 0.05) is 5.56 Å². The number of amides is 1. The van der Waals surface area contributed by atoms with Crippen LogP contribution in [0.15, 0.2) is 30.5 Å². The molecule has 1 aromatic heterocycles. The van der Waals surface area contributed by atoms with E-state index in [-0.39, 0.29) is 12.0 Å². The molecule has 5 nitrogen and oxygen atoms in total. The van der Waals surface area contributed by atoms with Crippen LogP contribution in [0, 0.1) is 11.3 Å². The number of nitriles is 1. The van der Waals surface area contributed by atoms with Crippen LogP contribution in [0.1, 0.15) is 29.1 Å². The monoisotopic (exact) mass is 287 g/mol. The molecule has 0 spiro atoms. The normalized spacial score (nSPS) is 10.1. The number of rotatable bonds is 4. The van der Waals surface area contributed by atoms with Gasteiger partial charge in [0.15, 0.2) is 5.13 Å². The Morgan fingerprint density at radius 3 is 2.65 bits per heavy atom. The molecule has 1 aromatic carbocycles. The third-order valence-electron chi connectivity index (χ3n) is 2.32. The van der Waals surface area contributed by atoms with Gasteiger partial charge in [-0.15, -0.1) is 0 Å². The maximum Gasteiger partial charge on any atom is 0.257 e. The van der Waals surface area contributed by atoms with Crippen LogP contribution in [0.4, 0.5) is 5.13 Å². The van der Waals surface area contributed by atoms with Gasteiger partial charge in [-0.3, -0.25) is 10.1 Å². The minimum atomic E-state index is -0.264. The van der Waals surface area contributed by atoms with E-state index in [2.05, 4.69) is 10.3 Å². The summed E-state index contributed by atoms with van der Waals surface area (Å²) in [7, 11) is 0. The van der Waals surface area contributed by atoms with E-state index in [1.54, 1.807) is 24.3 Å². The molecule has 0 saturated heterocycles. The molecule has 102 valence electrons. The van der Waals surface area contributed by atoms with Crippen molar-refractivity contribution < 1.29 is 9.53 Å². The lowest BCUT2D eigenvalue weighted by molar-refractivity contribution is 0.102. The molecule has 0 aliphatic heterocycles. The Bertz CT molecular complexity index is 641. The molecule has 0 bridgehead atoms. The van der Waals surface area contributed by atoms with Crippen LogP contribution in [0.5, 0.6) is 5.75 Å². The van der Waals surface area contributed by atoms with Crippen molar-refractivity contribution in [2.75, 3.05) is 5.32 Å². The summed E-state index contributed by atoms with van der Waals surface area (Å²) in [5.41, 5.74) is 0.509. The molecule has 0 fully saturated rings. The van der Waals surface area contributed by atoms with E-state index in [1.807, 2.05) is 19.9 Å². The van der Waals surface area contributed by atoms with Crippen LogP contribution in [0.2, 0.25) is 0 Å². The van der Waals surface area contributed by atoms with Gasteiger partial charge in [0.25, 0.3) is 5.91 Å². The fourth-order valence-corrected chi connectivity index (χ4v) is 2.12. The number of anilines is 1. The zero-order valence-corrected chi connectivity index (χ0v) is 11.9. The van der Waals surface area contributed by atoms with Gasteiger partial charge < -0.3 is 4.74 Å². The number of carbonyl (C=O) groups is 1. The summed E-state index contributed by atoms with van der Waals surface area (Å²) in [6.07, 6.45) is 1.52. The first-order valence-electron chi connectivity index (χ1n) is 6.02. The molecular formula is C14H13N3O2S. The summed E-state index contributed by atoms with van der Waals surface area (Å²) in [6.45, 7) is 3.88. The largest absolute Gasteiger partial charge is 0.491 e. The minimum absolute atomic E-state index is 0.0920. The van der Waals surface area contributed by atoms with Gasteiger partial charge in [-0.05, 0) is 38.1 Å². The minimum Gasteiger partial charge on any atom is -0.491 e. The molecule has 0 aliphatic rings. The van der Waals surface area contributed by atoms with Crippen molar-refractivity contribution >= 4 is 22.4 Å². The molecule has 0 aliphatic carbocycles. The number of nitrogens with zero attached hydrogens (tertiary/aromatic N) is 2. The van der Waals surface area contributed by atoms with Crippen molar-refractivity contribution in [3.05, 3.63) is 40.9 Å². The van der Waals surface area contributed by atoms with Crippen molar-refractivity contribution in [2.24, 2.45) is 0 Å². The zero-order chi connectivity index (χ0) is 14.5. The molecule has 1 N–H and O–H groups in total. The third kappa shape index (κ3) is 3.56. The standard InChI is InChI=1S/C14H13N3O2S/c1-9(2)19-11-5-3-10(4-6-11)13(18)17-14-16-8-12(7-15)20-14/h3-6,8-9H,1-2H3,(H,16,17,18). The fraction of sp³-hybridized carbons (Fsp3) is 0.214. The number of ether oxygens (including phenoxy) is 1. The van der Waals surface area contributed by atoms with Crippen LogP contribution < -0.4 is 10.1 Å². The maximum absolute atomic E-state index is 12.0. The summed E-state index contributed by atoms with van der Waals surface area (Å²) < 4.78 is 5.51. The quantitative estimate of drug-likeness (QED) is 0.937. The molecule has 2 aromatic rings. The number of benzene rings is 1. The van der Waals surface area contributed by atoms with Gasteiger partial charge in [-0.1, -0.05) is 11.3 Å². The van der Waals surface area contributed by atoms with Crippen LogP contribution in [0.25, 0.3) is 0 Å². The predicted molar refractivity (Wildman–Crippen MR) is 77.0 cm³/mol. The first-order chi connectivity index (χ1) is 9.58.